The molecular weight excluding hydrogens is 1510 g/mol. The number of hydrogen-bond donors (Lipinski definition) is 0. The van der Waals surface area contributed by atoms with Crippen LogP contribution in [0.15, 0.2) is 206 Å². The van der Waals surface area contributed by atoms with Crippen molar-refractivity contribution < 1.29 is 119 Å². The third-order valence-corrected chi connectivity index (χ3v) is 20.3. The first-order valence-corrected chi connectivity index (χ1v) is 33.9. The second kappa shape index (κ2) is 26.6. The van der Waals surface area contributed by atoms with Gasteiger partial charge in [-0.15, -0.1) is 0 Å². The van der Waals surface area contributed by atoms with Crippen LogP contribution in [-0.4, -0.2) is 17.7 Å². The second-order valence-corrected chi connectivity index (χ2v) is 27.7. The lowest BCUT2D eigenvalue weighted by molar-refractivity contribution is -0.977. The first-order valence-electron chi connectivity index (χ1n) is 33.9. The highest BCUT2D eigenvalue weighted by Gasteiger charge is 2.46. The number of hydrogen-bond acceptors (Lipinski definition) is 2. The van der Waals surface area contributed by atoms with Crippen molar-refractivity contribution in [2.24, 2.45) is 0 Å². The topological polar surface area (TPSA) is 18.5 Å². The van der Waals surface area contributed by atoms with Gasteiger partial charge in [0.15, 0.2) is 0 Å². The minimum atomic E-state index is -5.51. The number of quaternary nitrogens is 1. The molecule has 3 heterocycles. The molecule has 1 spiro atoms. The van der Waals surface area contributed by atoms with Gasteiger partial charge in [-0.25, -0.2) is 0 Å². The average molecular weight is 1560 g/mol. The van der Waals surface area contributed by atoms with E-state index in [1.165, 1.54) is 24.3 Å². The molecule has 12 aromatic carbocycles. The van der Waals surface area contributed by atoms with Gasteiger partial charge in [0, 0.05) is 33.4 Å². The van der Waals surface area contributed by atoms with Gasteiger partial charge in [0.2, 0.25) is 0 Å². The monoisotopic (exact) mass is 1560 g/mol. The molecule has 12 aromatic rings. The van der Waals surface area contributed by atoms with Crippen molar-refractivity contribution in [1.29, 1.82) is 0 Å². The molecule has 0 atom stereocenters. The van der Waals surface area contributed by atoms with Gasteiger partial charge in [-0.3, -0.25) is 0 Å². The van der Waals surface area contributed by atoms with Crippen molar-refractivity contribution in [2.75, 3.05) is 13.2 Å². The van der Waals surface area contributed by atoms with Gasteiger partial charge in [0.25, 0.3) is 0 Å². The lowest BCUT2D eigenvalue weighted by Gasteiger charge is -2.39. The fraction of sp³-hybridized carbons (Fsp3) is 0.190. The summed E-state index contributed by atoms with van der Waals surface area (Å²) in [6, 6.07) is 35.5. The van der Waals surface area contributed by atoms with E-state index in [1.54, 1.807) is 12.1 Å². The summed E-state index contributed by atoms with van der Waals surface area (Å²) in [5, 5.41) is 3.00. The molecule has 0 amide bonds. The molecule has 0 aromatic heterocycles. The number of ether oxygens (including phenoxy) is 2. The number of alkyl halides is 24. The molecule has 570 valence electrons. The van der Waals surface area contributed by atoms with Gasteiger partial charge in [0.1, 0.15) is 37.7 Å². The highest BCUT2D eigenvalue weighted by molar-refractivity contribution is 6.08. The molecule has 0 unspecified atom stereocenters. The summed E-state index contributed by atoms with van der Waals surface area (Å²) in [4.78, 5) is 0. The van der Waals surface area contributed by atoms with Crippen LogP contribution in [0.4, 0.5) is 105 Å². The predicted octanol–water partition coefficient (Wildman–Crippen LogP) is 27.6. The standard InChI is InChI=1S/C84H50F24NO2/c85-77(86,87)57-27-51(28-58(35-57)78(88,89)90)47-21-48(52-29-59(79(91,92)93)36-60(30-52)80(94,95)96)24-55(23-47)65-15-17-71-75-69(65)41-109(39-45-13-11-43-7-1-3-9-67(43)73(45)74-46(40-109)14-12-44-8-2-4-10-68(44)74)42-70-66(16-18-72(76(70)75)111-20-6-5-19-110-71)56-25-49(53-31-61(81(97,98)99)37-62(32-53)82(100,101)102)22-50(26-56)54-33-63(83(103,104)105)38-64(34-54)84(106,107)108/h1-4,7-18,21-38H,5-6,19-20,39-42H2/q+1. The zero-order valence-electron chi connectivity index (χ0n) is 56.6. The molecule has 0 fully saturated rings. The first-order chi connectivity index (χ1) is 51.9. The number of fused-ring (bicyclic) bond motifs is 7. The minimum Gasteiger partial charge on any atom is -0.493 e. The zero-order valence-corrected chi connectivity index (χ0v) is 56.6. The Hall–Kier alpha value is -11.0. The fourth-order valence-corrected chi connectivity index (χ4v) is 15.4. The van der Waals surface area contributed by atoms with Crippen LogP contribution in [-0.2, 0) is 75.6 Å². The first kappa shape index (κ1) is 75.5. The summed E-state index contributed by atoms with van der Waals surface area (Å²) in [6.45, 7) is -0.968. The summed E-state index contributed by atoms with van der Waals surface area (Å²) >= 11 is 0. The predicted molar refractivity (Wildman–Crippen MR) is 367 cm³/mol. The van der Waals surface area contributed by atoms with Gasteiger partial charge >= 0.3 is 49.4 Å². The number of benzene rings is 12. The van der Waals surface area contributed by atoms with Crippen molar-refractivity contribution in [3.05, 3.63) is 273 Å². The van der Waals surface area contributed by atoms with Crippen molar-refractivity contribution in [2.45, 2.75) is 88.4 Å². The fourth-order valence-electron chi connectivity index (χ4n) is 15.4. The average Bonchev–Trinajstić information content (AvgIpc) is 1.58. The highest BCUT2D eigenvalue weighted by Crippen LogP contribution is 2.57. The third kappa shape index (κ3) is 14.7. The molecule has 0 saturated heterocycles. The van der Waals surface area contributed by atoms with Crippen LogP contribution < -0.4 is 9.47 Å². The van der Waals surface area contributed by atoms with Crippen LogP contribution >= 0.6 is 0 Å². The van der Waals surface area contributed by atoms with Crippen molar-refractivity contribution >= 4 is 21.5 Å². The maximum absolute atomic E-state index is 14.9. The third-order valence-electron chi connectivity index (χ3n) is 20.3. The summed E-state index contributed by atoms with van der Waals surface area (Å²) < 4.78 is 371. The number of nitrogens with zero attached hydrogens (tertiary/aromatic N) is 1. The molecule has 111 heavy (non-hydrogen) atoms. The Kier molecular flexibility index (Phi) is 18.1. The minimum absolute atomic E-state index is 0.00920. The molecule has 0 bridgehead atoms. The van der Waals surface area contributed by atoms with Crippen LogP contribution in [0.1, 0.15) is 79.6 Å². The molecule has 0 saturated carbocycles. The largest absolute Gasteiger partial charge is 0.493 e. The van der Waals surface area contributed by atoms with Crippen LogP contribution in [0, 0.1) is 0 Å². The van der Waals surface area contributed by atoms with Crippen LogP contribution in [0.25, 0.3) is 111 Å². The highest BCUT2D eigenvalue weighted by atomic mass is 19.4. The van der Waals surface area contributed by atoms with E-state index in [0.29, 0.717) is 70.8 Å². The SMILES string of the molecule is FC(F)(F)c1cc(-c2cc(-c3cc(C(F)(F)F)cc(C(F)(F)F)c3)cc(-c3ccc4c5c3C[N+]3(Cc6ccc7ccccc7c6-c6c(ccc7ccccc67)C3)Cc3c(-c6cc(-c7cc(C(F)(F)F)cc(C(F)(F)F)c7)cc(-c7cc(C(F)(F)F)cc(C(F)(F)F)c7)c6)ccc(c3-5)OCCCCO4)c2)cc(C(F)(F)F)c1. The van der Waals surface area contributed by atoms with E-state index >= 15 is 0 Å². The number of halogens is 24. The molecule has 3 aliphatic rings. The van der Waals surface area contributed by atoms with Crippen molar-refractivity contribution in [3.63, 3.8) is 0 Å². The summed E-state index contributed by atoms with van der Waals surface area (Å²) in [5.41, 5.74) is -18.2. The lowest BCUT2D eigenvalue weighted by atomic mass is 9.84. The summed E-state index contributed by atoms with van der Waals surface area (Å²) in [7, 11) is 0. The van der Waals surface area contributed by atoms with Crippen molar-refractivity contribution in [1.82, 2.24) is 0 Å². The van der Waals surface area contributed by atoms with E-state index < -0.39 is 138 Å². The molecule has 0 aliphatic carbocycles. The molecular formula is C84H50F24NO2+. The van der Waals surface area contributed by atoms with Gasteiger partial charge in [-0.05, 0) is 234 Å². The molecule has 0 N–H and O–H groups in total. The molecule has 3 aliphatic heterocycles. The molecule has 0 radical (unpaired) electrons. The molecule has 27 heteroatoms. The number of rotatable bonds is 6. The quantitative estimate of drug-likeness (QED) is 0.122. The summed E-state index contributed by atoms with van der Waals surface area (Å²) in [5.74, 6) is -0.0184. The Morgan fingerprint density at radius 2 is 0.486 bits per heavy atom. The van der Waals surface area contributed by atoms with E-state index in [0.717, 1.165) is 57.9 Å². The summed E-state index contributed by atoms with van der Waals surface area (Å²) in [6.07, 6.45) is -43.5. The van der Waals surface area contributed by atoms with Crippen LogP contribution in [0.5, 0.6) is 11.5 Å². The normalized spacial score (nSPS) is 15.0. The van der Waals surface area contributed by atoms with E-state index in [4.69, 9.17) is 9.47 Å². The van der Waals surface area contributed by atoms with Crippen LogP contribution in [0.2, 0.25) is 0 Å². The molecule has 3 nitrogen and oxygen atoms in total. The van der Waals surface area contributed by atoms with E-state index in [1.807, 2.05) is 60.7 Å². The van der Waals surface area contributed by atoms with E-state index in [-0.39, 0.29) is 137 Å². The maximum Gasteiger partial charge on any atom is 0.416 e. The Morgan fingerprint density at radius 1 is 0.234 bits per heavy atom. The Labute approximate surface area is 613 Å². The molecule has 15 rings (SSSR count). The van der Waals surface area contributed by atoms with Crippen molar-refractivity contribution in [3.8, 4) is 101 Å². The van der Waals surface area contributed by atoms with Gasteiger partial charge < -0.3 is 14.0 Å². The maximum atomic E-state index is 14.9. The second-order valence-electron chi connectivity index (χ2n) is 27.7. The Morgan fingerprint density at radius 3 is 0.757 bits per heavy atom. The van der Waals surface area contributed by atoms with E-state index in [9.17, 15) is 105 Å². The van der Waals surface area contributed by atoms with Gasteiger partial charge in [-0.1, -0.05) is 84.9 Å². The van der Waals surface area contributed by atoms with E-state index in [2.05, 4.69) is 0 Å². The Bertz CT molecular complexity index is 5080. The van der Waals surface area contributed by atoms with Gasteiger partial charge in [-0.2, -0.15) is 105 Å². The lowest BCUT2D eigenvalue weighted by Crippen LogP contribution is -2.44. The Balaban J connectivity index is 1.10. The van der Waals surface area contributed by atoms with Crippen LogP contribution in [0.3, 0.4) is 0 Å². The smallest absolute Gasteiger partial charge is 0.416 e. The van der Waals surface area contributed by atoms with Gasteiger partial charge in [0.05, 0.1) is 57.7 Å². The zero-order chi connectivity index (χ0) is 79.2.